The molecule has 2 aromatic heterocycles. The summed E-state index contributed by atoms with van der Waals surface area (Å²) in [5.74, 6) is -0.255. The molecule has 0 spiro atoms. The number of fused-ring (bicyclic) bond motifs is 1. The zero-order valence-electron chi connectivity index (χ0n) is 11.5. The Morgan fingerprint density at radius 1 is 1.35 bits per heavy atom. The van der Waals surface area contributed by atoms with Gasteiger partial charge < -0.3 is 5.11 Å². The summed E-state index contributed by atoms with van der Waals surface area (Å²) < 4.78 is 1.94. The second-order valence-corrected chi connectivity index (χ2v) is 5.08. The Morgan fingerprint density at radius 2 is 2.15 bits per heavy atom. The normalized spacial score (nSPS) is 14.1. The molecular formula is C15H17N3O2. The van der Waals surface area contributed by atoms with Crippen molar-refractivity contribution in [2.45, 2.75) is 39.0 Å². The number of carboxylic acid groups (broad SMARTS) is 1. The fourth-order valence-corrected chi connectivity index (χ4v) is 2.67. The minimum absolute atomic E-state index is 0.283. The first-order chi connectivity index (χ1) is 9.69. The van der Waals surface area contributed by atoms with Crippen molar-refractivity contribution < 1.29 is 9.90 Å². The van der Waals surface area contributed by atoms with E-state index in [9.17, 15) is 9.90 Å². The molecule has 0 fully saturated rings. The number of aromatic nitrogens is 3. The summed E-state index contributed by atoms with van der Waals surface area (Å²) in [4.78, 5) is 20.2. The highest BCUT2D eigenvalue weighted by molar-refractivity contribution is 5.88. The number of aryl methyl sites for hydroxylation is 2. The average molecular weight is 271 g/mol. The first-order valence-electron chi connectivity index (χ1n) is 6.98. The minimum Gasteiger partial charge on any atom is -0.478 e. The summed E-state index contributed by atoms with van der Waals surface area (Å²) in [5.41, 5.74) is 3.37. The van der Waals surface area contributed by atoms with Crippen molar-refractivity contribution in [2.24, 2.45) is 0 Å². The molecule has 0 aliphatic heterocycles. The zero-order chi connectivity index (χ0) is 14.1. The van der Waals surface area contributed by atoms with Gasteiger partial charge in [0.05, 0.1) is 11.3 Å². The van der Waals surface area contributed by atoms with Gasteiger partial charge in [-0.1, -0.05) is 6.92 Å². The van der Waals surface area contributed by atoms with Crippen LogP contribution < -0.4 is 0 Å². The lowest BCUT2D eigenvalue weighted by Crippen LogP contribution is -2.10. The first-order valence-corrected chi connectivity index (χ1v) is 6.98. The Hall–Kier alpha value is -2.17. The number of hydrogen-bond acceptors (Lipinski definition) is 3. The van der Waals surface area contributed by atoms with Gasteiger partial charge in [-0.3, -0.25) is 4.57 Å². The highest BCUT2D eigenvalue weighted by Crippen LogP contribution is 2.23. The summed E-state index contributed by atoms with van der Waals surface area (Å²) in [6, 6.07) is 3.26. The van der Waals surface area contributed by atoms with Gasteiger partial charge in [0.25, 0.3) is 0 Å². The van der Waals surface area contributed by atoms with E-state index in [1.54, 1.807) is 18.5 Å². The Bertz CT molecular complexity index is 661. The third-order valence-electron chi connectivity index (χ3n) is 3.75. The number of pyridine rings is 1. The molecule has 0 unspecified atom stereocenters. The molecule has 0 saturated heterocycles. The van der Waals surface area contributed by atoms with E-state index in [1.165, 1.54) is 12.1 Å². The van der Waals surface area contributed by atoms with Gasteiger partial charge in [-0.2, -0.15) is 0 Å². The van der Waals surface area contributed by atoms with Crippen LogP contribution in [0, 0.1) is 0 Å². The number of carboxylic acids is 1. The van der Waals surface area contributed by atoms with Crippen molar-refractivity contribution in [1.82, 2.24) is 14.5 Å². The van der Waals surface area contributed by atoms with E-state index in [2.05, 4.69) is 9.97 Å². The van der Waals surface area contributed by atoms with Gasteiger partial charge in [-0.25, -0.2) is 14.8 Å². The molecule has 2 heterocycles. The molecule has 20 heavy (non-hydrogen) atoms. The Labute approximate surface area is 117 Å². The highest BCUT2D eigenvalue weighted by atomic mass is 16.4. The van der Waals surface area contributed by atoms with Crippen molar-refractivity contribution in [3.05, 3.63) is 41.1 Å². The van der Waals surface area contributed by atoms with Crippen LogP contribution in [-0.4, -0.2) is 25.6 Å². The van der Waals surface area contributed by atoms with E-state index in [0.717, 1.165) is 30.7 Å². The zero-order valence-corrected chi connectivity index (χ0v) is 11.5. The van der Waals surface area contributed by atoms with Gasteiger partial charge in [0.15, 0.2) is 0 Å². The van der Waals surface area contributed by atoms with Crippen molar-refractivity contribution >= 4 is 5.97 Å². The molecular weight excluding hydrogens is 254 g/mol. The molecule has 2 aromatic rings. The van der Waals surface area contributed by atoms with Gasteiger partial charge in [0, 0.05) is 11.4 Å². The molecule has 0 radical (unpaired) electrons. The van der Waals surface area contributed by atoms with Gasteiger partial charge in [-0.05, 0) is 44.2 Å². The Balaban J connectivity index is 2.11. The first kappa shape index (κ1) is 12.8. The van der Waals surface area contributed by atoms with Crippen molar-refractivity contribution in [1.29, 1.82) is 0 Å². The standard InChI is InChI=1S/C15H17N3O2/c1-2-11-7-10(15(19)20)8-14(17-11)18-9-16-12-5-3-4-6-13(12)18/h7-9H,2-6H2,1H3,(H,19,20). The van der Waals surface area contributed by atoms with Crippen LogP contribution in [-0.2, 0) is 19.3 Å². The lowest BCUT2D eigenvalue weighted by Gasteiger charge is -2.14. The molecule has 5 heteroatoms. The molecule has 0 aromatic carbocycles. The molecule has 0 saturated carbocycles. The van der Waals surface area contributed by atoms with E-state index in [0.29, 0.717) is 12.2 Å². The molecule has 1 N–H and O–H groups in total. The van der Waals surface area contributed by atoms with Crippen LogP contribution in [0.2, 0.25) is 0 Å². The summed E-state index contributed by atoms with van der Waals surface area (Å²) in [6.45, 7) is 1.97. The second kappa shape index (κ2) is 5.07. The topological polar surface area (TPSA) is 68.0 Å². The molecule has 0 amide bonds. The number of carbonyl (C=O) groups is 1. The van der Waals surface area contributed by atoms with E-state index < -0.39 is 5.97 Å². The number of rotatable bonds is 3. The maximum Gasteiger partial charge on any atom is 0.335 e. The molecule has 3 rings (SSSR count). The van der Waals surface area contributed by atoms with Gasteiger partial charge in [0.1, 0.15) is 12.1 Å². The summed E-state index contributed by atoms with van der Waals surface area (Å²) in [6.07, 6.45) is 6.79. The molecule has 1 aliphatic rings. The van der Waals surface area contributed by atoms with E-state index >= 15 is 0 Å². The van der Waals surface area contributed by atoms with Crippen LogP contribution in [0.4, 0.5) is 0 Å². The SMILES string of the molecule is CCc1cc(C(=O)O)cc(-n2cnc3c2CCCC3)n1. The minimum atomic E-state index is -0.919. The van der Waals surface area contributed by atoms with Crippen LogP contribution in [0.1, 0.15) is 47.2 Å². The maximum absolute atomic E-state index is 11.2. The molecule has 0 bridgehead atoms. The van der Waals surface area contributed by atoms with Gasteiger partial charge in [-0.15, -0.1) is 0 Å². The highest BCUT2D eigenvalue weighted by Gasteiger charge is 2.18. The number of imidazole rings is 1. The maximum atomic E-state index is 11.2. The van der Waals surface area contributed by atoms with Crippen molar-refractivity contribution in [2.75, 3.05) is 0 Å². The number of nitrogens with zero attached hydrogens (tertiary/aromatic N) is 3. The Kier molecular flexibility index (Phi) is 3.26. The van der Waals surface area contributed by atoms with E-state index in [-0.39, 0.29) is 5.56 Å². The quantitative estimate of drug-likeness (QED) is 0.930. The average Bonchev–Trinajstić information content (AvgIpc) is 2.90. The predicted molar refractivity (Wildman–Crippen MR) is 74.3 cm³/mol. The fourth-order valence-electron chi connectivity index (χ4n) is 2.67. The predicted octanol–water partition coefficient (Wildman–Crippen LogP) is 2.41. The summed E-state index contributed by atoms with van der Waals surface area (Å²) in [7, 11) is 0. The molecule has 5 nitrogen and oxygen atoms in total. The van der Waals surface area contributed by atoms with Gasteiger partial charge >= 0.3 is 5.97 Å². The van der Waals surface area contributed by atoms with Crippen LogP contribution in [0.3, 0.4) is 0 Å². The van der Waals surface area contributed by atoms with Crippen molar-refractivity contribution in [3.8, 4) is 5.82 Å². The molecule has 1 aliphatic carbocycles. The summed E-state index contributed by atoms with van der Waals surface area (Å²) in [5, 5.41) is 9.21. The second-order valence-electron chi connectivity index (χ2n) is 5.08. The largest absolute Gasteiger partial charge is 0.478 e. The number of aromatic carboxylic acids is 1. The van der Waals surface area contributed by atoms with E-state index in [4.69, 9.17) is 0 Å². The lowest BCUT2D eigenvalue weighted by molar-refractivity contribution is 0.0696. The monoisotopic (exact) mass is 271 g/mol. The smallest absolute Gasteiger partial charge is 0.335 e. The third kappa shape index (κ3) is 2.19. The van der Waals surface area contributed by atoms with Gasteiger partial charge in [0.2, 0.25) is 0 Å². The third-order valence-corrected chi connectivity index (χ3v) is 3.75. The van der Waals surface area contributed by atoms with Crippen LogP contribution in [0.25, 0.3) is 5.82 Å². The molecule has 0 atom stereocenters. The Morgan fingerprint density at radius 3 is 2.90 bits per heavy atom. The lowest BCUT2D eigenvalue weighted by atomic mass is 10.0. The fraction of sp³-hybridized carbons (Fsp3) is 0.400. The van der Waals surface area contributed by atoms with Crippen molar-refractivity contribution in [3.63, 3.8) is 0 Å². The molecule has 104 valence electrons. The number of hydrogen-bond donors (Lipinski definition) is 1. The van der Waals surface area contributed by atoms with Crippen LogP contribution in [0.5, 0.6) is 0 Å². The van der Waals surface area contributed by atoms with Crippen LogP contribution >= 0.6 is 0 Å². The summed E-state index contributed by atoms with van der Waals surface area (Å²) >= 11 is 0. The van der Waals surface area contributed by atoms with Crippen LogP contribution in [0.15, 0.2) is 18.5 Å². The van der Waals surface area contributed by atoms with E-state index in [1.807, 2.05) is 11.5 Å².